The molecule has 2 aromatic carbocycles. The number of nitrogens with zero attached hydrogens (tertiary/aromatic N) is 1. The van der Waals surface area contributed by atoms with Gasteiger partial charge < -0.3 is 14.7 Å². The fourth-order valence-corrected chi connectivity index (χ4v) is 2.91. The number of carbonyl (C=O) groups excluding carboxylic acids is 1. The number of alkyl halides is 3. The molecule has 5 nitrogen and oxygen atoms in total. The van der Waals surface area contributed by atoms with Crippen molar-refractivity contribution >= 4 is 11.9 Å². The third-order valence-corrected chi connectivity index (χ3v) is 4.41. The van der Waals surface area contributed by atoms with Gasteiger partial charge in [0.25, 0.3) is 5.91 Å². The quantitative estimate of drug-likeness (QED) is 0.801. The van der Waals surface area contributed by atoms with Crippen LogP contribution < -0.4 is 0 Å². The number of hydrogen-bond donors (Lipinski definition) is 1. The van der Waals surface area contributed by atoms with Crippen molar-refractivity contribution < 1.29 is 37.0 Å². The molecule has 1 atom stereocenters. The monoisotopic (exact) mass is 397 g/mol. The van der Waals surface area contributed by atoms with E-state index in [0.717, 1.165) is 30.3 Å². The highest BCUT2D eigenvalue weighted by Crippen LogP contribution is 2.31. The van der Waals surface area contributed by atoms with Crippen LogP contribution in [0.15, 0.2) is 42.5 Å². The molecule has 1 N–H and O–H groups in total. The van der Waals surface area contributed by atoms with Crippen LogP contribution in [0, 0.1) is 5.82 Å². The molecule has 148 valence electrons. The van der Waals surface area contributed by atoms with Crippen LogP contribution in [0.1, 0.15) is 37.9 Å². The van der Waals surface area contributed by atoms with Crippen molar-refractivity contribution in [3.05, 3.63) is 70.5 Å². The minimum atomic E-state index is -4.45. The largest absolute Gasteiger partial charge is 0.478 e. The Labute approximate surface area is 157 Å². The summed E-state index contributed by atoms with van der Waals surface area (Å²) < 4.78 is 57.7. The number of amides is 1. The topological polar surface area (TPSA) is 66.8 Å². The van der Waals surface area contributed by atoms with Crippen molar-refractivity contribution in [1.82, 2.24) is 4.90 Å². The van der Waals surface area contributed by atoms with E-state index in [4.69, 9.17) is 9.84 Å². The van der Waals surface area contributed by atoms with E-state index in [2.05, 4.69) is 0 Å². The standard InChI is InChI=1S/C19H15F4NO4/c20-15-9-12(18(26)27)3-6-14(15)17(25)24-7-8-28-16(10-24)11-1-4-13(5-2-11)19(21,22)23/h1-6,9,16H,7-8,10H2,(H,26,27). The molecule has 0 bridgehead atoms. The smallest absolute Gasteiger partial charge is 0.416 e. The Morgan fingerprint density at radius 1 is 1.11 bits per heavy atom. The zero-order valence-electron chi connectivity index (χ0n) is 14.4. The molecule has 1 amide bonds. The van der Waals surface area contributed by atoms with Gasteiger partial charge in [-0.15, -0.1) is 0 Å². The van der Waals surface area contributed by atoms with Gasteiger partial charge in [0.1, 0.15) is 11.9 Å². The first-order valence-corrected chi connectivity index (χ1v) is 8.27. The minimum Gasteiger partial charge on any atom is -0.478 e. The second-order valence-corrected chi connectivity index (χ2v) is 6.23. The van der Waals surface area contributed by atoms with Crippen molar-refractivity contribution in [1.29, 1.82) is 0 Å². The van der Waals surface area contributed by atoms with Gasteiger partial charge in [-0.3, -0.25) is 4.79 Å². The maximum absolute atomic E-state index is 14.1. The van der Waals surface area contributed by atoms with Crippen LogP contribution in [0.4, 0.5) is 17.6 Å². The first-order valence-electron chi connectivity index (χ1n) is 8.27. The molecule has 0 aromatic heterocycles. The van der Waals surface area contributed by atoms with Gasteiger partial charge in [-0.2, -0.15) is 13.2 Å². The maximum atomic E-state index is 14.1. The number of carboxylic acids is 1. The lowest BCUT2D eigenvalue weighted by Gasteiger charge is -2.33. The van der Waals surface area contributed by atoms with Crippen LogP contribution in [0.5, 0.6) is 0 Å². The molecule has 1 fully saturated rings. The Bertz CT molecular complexity index is 896. The lowest BCUT2D eigenvalue weighted by atomic mass is 10.0. The lowest BCUT2D eigenvalue weighted by Crippen LogP contribution is -2.42. The summed E-state index contributed by atoms with van der Waals surface area (Å²) in [4.78, 5) is 24.8. The molecule has 1 aliphatic heterocycles. The first kappa shape index (κ1) is 19.8. The molecular formula is C19H15F4NO4. The average molecular weight is 397 g/mol. The Hall–Kier alpha value is -2.94. The van der Waals surface area contributed by atoms with Crippen LogP contribution in [0.25, 0.3) is 0 Å². The molecule has 1 aliphatic rings. The Morgan fingerprint density at radius 2 is 1.79 bits per heavy atom. The Balaban J connectivity index is 1.76. The van der Waals surface area contributed by atoms with E-state index in [0.29, 0.717) is 5.56 Å². The summed E-state index contributed by atoms with van der Waals surface area (Å²) in [6.07, 6.45) is -5.10. The van der Waals surface area contributed by atoms with Gasteiger partial charge in [-0.1, -0.05) is 12.1 Å². The summed E-state index contributed by atoms with van der Waals surface area (Å²) in [6, 6.07) is 7.43. The highest BCUT2D eigenvalue weighted by molar-refractivity contribution is 5.96. The molecule has 1 saturated heterocycles. The summed E-state index contributed by atoms with van der Waals surface area (Å²) in [5.74, 6) is -2.91. The van der Waals surface area contributed by atoms with E-state index in [1.807, 2.05) is 0 Å². The van der Waals surface area contributed by atoms with E-state index in [1.54, 1.807) is 0 Å². The SMILES string of the molecule is O=C(O)c1ccc(C(=O)N2CCOC(c3ccc(C(F)(F)F)cc3)C2)c(F)c1. The van der Waals surface area contributed by atoms with Crippen LogP contribution >= 0.6 is 0 Å². The predicted octanol–water partition coefficient (Wildman–Crippen LogP) is 3.76. The summed E-state index contributed by atoms with van der Waals surface area (Å²) >= 11 is 0. The molecule has 1 unspecified atom stereocenters. The number of morpholine rings is 1. The number of carboxylic acid groups (broad SMARTS) is 1. The van der Waals surface area contributed by atoms with Crippen molar-refractivity contribution in [2.45, 2.75) is 12.3 Å². The summed E-state index contributed by atoms with van der Waals surface area (Å²) in [5, 5.41) is 8.87. The van der Waals surface area contributed by atoms with Crippen LogP contribution in [0.2, 0.25) is 0 Å². The molecule has 28 heavy (non-hydrogen) atoms. The summed E-state index contributed by atoms with van der Waals surface area (Å²) in [7, 11) is 0. The maximum Gasteiger partial charge on any atom is 0.416 e. The number of ether oxygens (including phenoxy) is 1. The molecule has 2 aromatic rings. The zero-order valence-corrected chi connectivity index (χ0v) is 14.4. The van der Waals surface area contributed by atoms with Gasteiger partial charge >= 0.3 is 12.1 Å². The molecular weight excluding hydrogens is 382 g/mol. The predicted molar refractivity (Wildman–Crippen MR) is 89.4 cm³/mol. The van der Waals surface area contributed by atoms with Gasteiger partial charge in [-0.25, -0.2) is 9.18 Å². The molecule has 0 saturated carbocycles. The Kier molecular flexibility index (Phi) is 5.37. The number of benzene rings is 2. The third-order valence-electron chi connectivity index (χ3n) is 4.41. The highest BCUT2D eigenvalue weighted by Gasteiger charge is 2.31. The van der Waals surface area contributed by atoms with Gasteiger partial charge in [-0.05, 0) is 35.9 Å². The van der Waals surface area contributed by atoms with E-state index in [-0.39, 0.29) is 30.8 Å². The number of aromatic carboxylic acids is 1. The van der Waals surface area contributed by atoms with Gasteiger partial charge in [0.15, 0.2) is 0 Å². The number of carbonyl (C=O) groups is 2. The van der Waals surface area contributed by atoms with Crippen molar-refractivity contribution in [2.24, 2.45) is 0 Å². The molecule has 0 aliphatic carbocycles. The van der Waals surface area contributed by atoms with E-state index in [1.165, 1.54) is 17.0 Å². The molecule has 3 rings (SSSR count). The van der Waals surface area contributed by atoms with Crippen molar-refractivity contribution in [3.63, 3.8) is 0 Å². The fraction of sp³-hybridized carbons (Fsp3) is 0.263. The molecule has 9 heteroatoms. The molecule has 1 heterocycles. The lowest BCUT2D eigenvalue weighted by molar-refractivity contribution is -0.137. The second-order valence-electron chi connectivity index (χ2n) is 6.23. The first-order chi connectivity index (χ1) is 13.2. The molecule has 0 radical (unpaired) electrons. The van der Waals surface area contributed by atoms with Gasteiger partial charge in [0.2, 0.25) is 0 Å². The normalized spacial score (nSPS) is 17.4. The van der Waals surface area contributed by atoms with E-state index in [9.17, 15) is 27.2 Å². The fourth-order valence-electron chi connectivity index (χ4n) is 2.91. The van der Waals surface area contributed by atoms with Crippen molar-refractivity contribution in [3.8, 4) is 0 Å². The number of halogens is 4. The molecule has 0 spiro atoms. The summed E-state index contributed by atoms with van der Waals surface area (Å²) in [6.45, 7) is 0.340. The van der Waals surface area contributed by atoms with Crippen LogP contribution in [-0.2, 0) is 10.9 Å². The van der Waals surface area contributed by atoms with Gasteiger partial charge in [0, 0.05) is 6.54 Å². The Morgan fingerprint density at radius 3 is 2.36 bits per heavy atom. The second kappa shape index (κ2) is 7.59. The van der Waals surface area contributed by atoms with Gasteiger partial charge in [0.05, 0.1) is 29.8 Å². The third kappa shape index (κ3) is 4.14. The summed E-state index contributed by atoms with van der Waals surface area (Å²) in [5.41, 5.74) is -0.885. The van der Waals surface area contributed by atoms with E-state index >= 15 is 0 Å². The number of hydrogen-bond acceptors (Lipinski definition) is 3. The van der Waals surface area contributed by atoms with Crippen LogP contribution in [-0.4, -0.2) is 41.6 Å². The van der Waals surface area contributed by atoms with E-state index < -0.39 is 35.5 Å². The van der Waals surface area contributed by atoms with Crippen LogP contribution in [0.3, 0.4) is 0 Å². The minimum absolute atomic E-state index is 0.0321. The van der Waals surface area contributed by atoms with Crippen molar-refractivity contribution in [2.75, 3.05) is 19.7 Å². The number of rotatable bonds is 3. The highest BCUT2D eigenvalue weighted by atomic mass is 19.4. The zero-order chi connectivity index (χ0) is 20.5. The average Bonchev–Trinajstić information content (AvgIpc) is 2.67.